The number of rotatable bonds is 21. The topological polar surface area (TPSA) is 40.2 Å². The van der Waals surface area contributed by atoms with Crippen molar-refractivity contribution in [1.29, 1.82) is 0 Å². The predicted octanol–water partition coefficient (Wildman–Crippen LogP) is 7.67. The maximum atomic E-state index is 6.58. The minimum atomic E-state index is -2.61. The Morgan fingerprint density at radius 3 is 1.61 bits per heavy atom. The molecule has 2 aliphatic rings. The Morgan fingerprint density at radius 2 is 1.16 bits per heavy atom. The molecule has 0 spiro atoms. The first-order valence-electron chi connectivity index (χ1n) is 13.8. The summed E-state index contributed by atoms with van der Waals surface area (Å²) in [4.78, 5) is 0. The van der Waals surface area contributed by atoms with Gasteiger partial charge in [-0.05, 0) is 50.9 Å². The molecule has 2 rings (SSSR count). The second kappa shape index (κ2) is 16.6. The maximum absolute atomic E-state index is 6.58. The Bertz CT molecular complexity index is 398. The fourth-order valence-electron chi connectivity index (χ4n) is 4.74. The van der Waals surface area contributed by atoms with Crippen molar-refractivity contribution in [3.05, 3.63) is 0 Å². The predicted molar refractivity (Wildman–Crippen MR) is 131 cm³/mol. The molecule has 1 aliphatic carbocycles. The van der Waals surface area contributed by atoms with Crippen LogP contribution in [0.1, 0.15) is 124 Å². The van der Waals surface area contributed by atoms with E-state index in [1.165, 1.54) is 83.5 Å². The zero-order chi connectivity index (χ0) is 22.2. The van der Waals surface area contributed by atoms with E-state index in [-0.39, 0.29) is 0 Å². The molecule has 0 aromatic carbocycles. The zero-order valence-corrected chi connectivity index (χ0v) is 22.0. The van der Waals surface area contributed by atoms with Crippen molar-refractivity contribution >= 4 is 8.80 Å². The summed E-state index contributed by atoms with van der Waals surface area (Å²) in [6.07, 6.45) is 20.9. The summed E-state index contributed by atoms with van der Waals surface area (Å²) in [5.41, 5.74) is 0. The molecule has 3 unspecified atom stereocenters. The summed E-state index contributed by atoms with van der Waals surface area (Å²) in [5.74, 6) is 0.756. The summed E-state index contributed by atoms with van der Waals surface area (Å²) in [7, 11) is -2.61. The highest BCUT2D eigenvalue weighted by atomic mass is 28.4. The molecular formula is C26H52O4Si. The molecule has 0 aromatic heterocycles. The maximum Gasteiger partial charge on any atom is 0.500 e. The van der Waals surface area contributed by atoms with Crippen LogP contribution in [0, 0.1) is 5.92 Å². The van der Waals surface area contributed by atoms with Crippen LogP contribution in [0.4, 0.5) is 0 Å². The van der Waals surface area contributed by atoms with E-state index in [2.05, 4.69) is 20.8 Å². The number of fused-ring (bicyclic) bond motifs is 1. The van der Waals surface area contributed by atoms with Crippen molar-refractivity contribution in [2.75, 3.05) is 19.8 Å². The number of ether oxygens (including phenoxy) is 1. The number of hydrogen-bond donors (Lipinski definition) is 0. The molecule has 0 radical (unpaired) electrons. The van der Waals surface area contributed by atoms with Crippen molar-refractivity contribution in [3.8, 4) is 0 Å². The second-order valence-electron chi connectivity index (χ2n) is 9.84. The lowest BCUT2D eigenvalue weighted by atomic mass is 9.88. The van der Waals surface area contributed by atoms with Gasteiger partial charge in [0.2, 0.25) is 0 Å². The van der Waals surface area contributed by atoms with E-state index >= 15 is 0 Å². The van der Waals surface area contributed by atoms with Gasteiger partial charge in [0, 0.05) is 25.9 Å². The van der Waals surface area contributed by atoms with Gasteiger partial charge in [-0.3, -0.25) is 0 Å². The van der Waals surface area contributed by atoms with Crippen molar-refractivity contribution in [1.82, 2.24) is 0 Å². The standard InChI is InChI=1S/C26H52O4Si/c1-4-7-10-13-19-27-31(28-20-14-11-8-5-2,29-21-15-12-9-6-3)22-18-24-16-17-25-26(23-24)30-25/h24-26H,4-23H2,1-3H3. The van der Waals surface area contributed by atoms with Crippen LogP contribution in [0.25, 0.3) is 0 Å². The first-order chi connectivity index (χ1) is 15.2. The van der Waals surface area contributed by atoms with Gasteiger partial charge in [-0.2, -0.15) is 0 Å². The molecule has 1 saturated heterocycles. The van der Waals surface area contributed by atoms with Crippen LogP contribution in [0.5, 0.6) is 0 Å². The van der Waals surface area contributed by atoms with Crippen molar-refractivity contribution in [2.45, 2.75) is 142 Å². The first kappa shape index (κ1) is 27.3. The fraction of sp³-hybridized carbons (Fsp3) is 1.00. The van der Waals surface area contributed by atoms with E-state index in [4.69, 9.17) is 18.0 Å². The van der Waals surface area contributed by atoms with E-state index < -0.39 is 8.80 Å². The van der Waals surface area contributed by atoms with E-state index in [9.17, 15) is 0 Å². The van der Waals surface area contributed by atoms with Gasteiger partial charge < -0.3 is 18.0 Å². The summed E-state index contributed by atoms with van der Waals surface area (Å²) < 4.78 is 25.5. The fourth-order valence-corrected chi connectivity index (χ4v) is 7.55. The molecule has 2 fully saturated rings. The highest BCUT2D eigenvalue weighted by Crippen LogP contribution is 2.41. The number of unbranched alkanes of at least 4 members (excludes halogenated alkanes) is 9. The minimum absolute atomic E-state index is 0.551. The highest BCUT2D eigenvalue weighted by molar-refractivity contribution is 6.60. The molecule has 0 bridgehead atoms. The van der Waals surface area contributed by atoms with Gasteiger partial charge in [-0.25, -0.2) is 0 Å². The van der Waals surface area contributed by atoms with E-state index in [1.807, 2.05) is 0 Å². The van der Waals surface area contributed by atoms with Gasteiger partial charge in [0.15, 0.2) is 0 Å². The molecule has 5 heteroatoms. The van der Waals surface area contributed by atoms with Crippen molar-refractivity contribution < 1.29 is 18.0 Å². The third kappa shape index (κ3) is 11.7. The Morgan fingerprint density at radius 1 is 0.645 bits per heavy atom. The molecule has 1 aliphatic heterocycles. The molecule has 0 amide bonds. The quantitative estimate of drug-likeness (QED) is 0.101. The number of epoxide rings is 1. The lowest BCUT2D eigenvalue weighted by Gasteiger charge is -2.32. The average Bonchev–Trinajstić information content (AvgIpc) is 3.56. The van der Waals surface area contributed by atoms with E-state index in [0.29, 0.717) is 12.2 Å². The van der Waals surface area contributed by atoms with Crippen molar-refractivity contribution in [2.24, 2.45) is 5.92 Å². The van der Waals surface area contributed by atoms with Crippen LogP contribution >= 0.6 is 0 Å². The molecule has 0 aromatic rings. The first-order valence-corrected chi connectivity index (χ1v) is 15.7. The lowest BCUT2D eigenvalue weighted by molar-refractivity contribution is 0.0533. The lowest BCUT2D eigenvalue weighted by Crippen LogP contribution is -2.47. The summed E-state index contributed by atoms with van der Waals surface area (Å²) >= 11 is 0. The van der Waals surface area contributed by atoms with Gasteiger partial charge in [0.05, 0.1) is 12.2 Å². The van der Waals surface area contributed by atoms with Gasteiger partial charge in [-0.1, -0.05) is 78.6 Å². The Kier molecular flexibility index (Phi) is 14.7. The Balaban J connectivity index is 1.88. The van der Waals surface area contributed by atoms with Crippen LogP contribution in [-0.2, 0) is 18.0 Å². The van der Waals surface area contributed by atoms with Crippen LogP contribution in [0.2, 0.25) is 6.04 Å². The molecule has 4 nitrogen and oxygen atoms in total. The van der Waals surface area contributed by atoms with Crippen molar-refractivity contribution in [3.63, 3.8) is 0 Å². The third-order valence-corrected chi connectivity index (χ3v) is 9.76. The SMILES string of the molecule is CCCCCCO[Si](CCC1CCC2OC2C1)(OCCCCCC)OCCCCCC. The van der Waals surface area contributed by atoms with Gasteiger partial charge in [0.25, 0.3) is 0 Å². The molecule has 31 heavy (non-hydrogen) atoms. The summed E-state index contributed by atoms with van der Waals surface area (Å²) in [6.45, 7) is 9.18. The monoisotopic (exact) mass is 456 g/mol. The zero-order valence-electron chi connectivity index (χ0n) is 21.0. The highest BCUT2D eigenvalue weighted by Gasteiger charge is 2.46. The largest absolute Gasteiger partial charge is 0.500 e. The van der Waals surface area contributed by atoms with E-state index in [1.54, 1.807) is 0 Å². The van der Waals surface area contributed by atoms with Gasteiger partial charge in [-0.15, -0.1) is 0 Å². The Hall–Kier alpha value is 0.0569. The van der Waals surface area contributed by atoms with Crippen LogP contribution in [0.3, 0.4) is 0 Å². The number of hydrogen-bond acceptors (Lipinski definition) is 4. The van der Waals surface area contributed by atoms with E-state index in [0.717, 1.165) is 51.0 Å². The second-order valence-corrected chi connectivity index (χ2v) is 12.6. The molecular weight excluding hydrogens is 404 g/mol. The summed E-state index contributed by atoms with van der Waals surface area (Å²) in [6, 6.07) is 0.990. The third-order valence-electron chi connectivity index (χ3n) is 6.93. The minimum Gasteiger partial charge on any atom is -0.373 e. The molecule has 3 atom stereocenters. The molecule has 1 saturated carbocycles. The normalized spacial score (nSPS) is 23.1. The molecule has 1 heterocycles. The smallest absolute Gasteiger partial charge is 0.373 e. The van der Waals surface area contributed by atoms with Gasteiger partial charge in [0.1, 0.15) is 0 Å². The molecule has 184 valence electrons. The van der Waals surface area contributed by atoms with Crippen LogP contribution in [0.15, 0.2) is 0 Å². The average molecular weight is 457 g/mol. The molecule has 0 N–H and O–H groups in total. The van der Waals surface area contributed by atoms with Crippen LogP contribution in [-0.4, -0.2) is 40.8 Å². The van der Waals surface area contributed by atoms with Crippen LogP contribution < -0.4 is 0 Å². The Labute approximate surface area is 194 Å². The summed E-state index contributed by atoms with van der Waals surface area (Å²) in [5, 5.41) is 0. The van der Waals surface area contributed by atoms with Gasteiger partial charge >= 0.3 is 8.80 Å².